The number of nitrogens with one attached hydrogen (secondary N) is 1. The molecule has 124 valence electrons. The largest absolute Gasteiger partial charge is 0.465 e. The van der Waals surface area contributed by atoms with E-state index >= 15 is 0 Å². The molecule has 1 rings (SSSR count). The molecule has 2 N–H and O–H groups in total. The van der Waals surface area contributed by atoms with Gasteiger partial charge in [0.2, 0.25) is 5.91 Å². The van der Waals surface area contributed by atoms with Gasteiger partial charge in [-0.25, -0.2) is 4.79 Å². The average Bonchev–Trinajstić information content (AvgIpc) is 2.84. The summed E-state index contributed by atoms with van der Waals surface area (Å²) in [6, 6.07) is 0. The molecule has 0 radical (unpaired) electrons. The smallest absolute Gasteiger partial charge is 0.404 e. The van der Waals surface area contributed by atoms with Gasteiger partial charge in [0.15, 0.2) is 5.78 Å². The number of carbonyl (C=O) groups is 4. The van der Waals surface area contributed by atoms with Crippen LogP contribution in [-0.2, 0) is 19.1 Å². The van der Waals surface area contributed by atoms with E-state index < -0.39 is 18.0 Å². The summed E-state index contributed by atoms with van der Waals surface area (Å²) < 4.78 is 4.82. The van der Waals surface area contributed by atoms with E-state index in [1.54, 1.807) is 6.92 Å². The van der Waals surface area contributed by atoms with Gasteiger partial charge in [0.1, 0.15) is 5.92 Å². The molecule has 0 aromatic rings. The predicted molar refractivity (Wildman–Crippen MR) is 76.2 cm³/mol. The Hall–Kier alpha value is -2.12. The topological polar surface area (TPSA) is 113 Å². The Labute approximate surface area is 128 Å². The van der Waals surface area contributed by atoms with E-state index in [9.17, 15) is 19.2 Å². The number of carboxylic acid groups (broad SMARTS) is 1. The van der Waals surface area contributed by atoms with Gasteiger partial charge in [0.25, 0.3) is 0 Å². The highest BCUT2D eigenvalue weighted by Gasteiger charge is 2.38. The summed E-state index contributed by atoms with van der Waals surface area (Å²) in [5.74, 6) is -1.87. The molecule has 0 aliphatic carbocycles. The van der Waals surface area contributed by atoms with Crippen LogP contribution in [0.5, 0.6) is 0 Å². The van der Waals surface area contributed by atoms with Gasteiger partial charge in [0, 0.05) is 19.5 Å². The SMILES string of the molecule is CCOC(=O)C1CN(C(=O)CCCCCNC(=O)O)CC1=O. The highest BCUT2D eigenvalue weighted by molar-refractivity contribution is 6.03. The van der Waals surface area contributed by atoms with Crippen LogP contribution in [0.4, 0.5) is 4.79 Å². The van der Waals surface area contributed by atoms with E-state index in [4.69, 9.17) is 9.84 Å². The molecule has 1 heterocycles. The van der Waals surface area contributed by atoms with Gasteiger partial charge < -0.3 is 20.1 Å². The van der Waals surface area contributed by atoms with Crippen LogP contribution in [0.3, 0.4) is 0 Å². The molecule has 1 saturated heterocycles. The zero-order valence-electron chi connectivity index (χ0n) is 12.7. The molecule has 1 fully saturated rings. The van der Waals surface area contributed by atoms with Crippen LogP contribution in [-0.4, -0.2) is 60.0 Å². The first-order valence-electron chi connectivity index (χ1n) is 7.39. The monoisotopic (exact) mass is 314 g/mol. The summed E-state index contributed by atoms with van der Waals surface area (Å²) in [5.41, 5.74) is 0. The van der Waals surface area contributed by atoms with E-state index in [1.165, 1.54) is 4.90 Å². The molecule has 2 amide bonds. The Bertz CT molecular complexity index is 437. The molecule has 1 unspecified atom stereocenters. The lowest BCUT2D eigenvalue weighted by Crippen LogP contribution is -2.30. The summed E-state index contributed by atoms with van der Waals surface area (Å²) in [7, 11) is 0. The quantitative estimate of drug-likeness (QED) is 0.381. The summed E-state index contributed by atoms with van der Waals surface area (Å²) >= 11 is 0. The van der Waals surface area contributed by atoms with Crippen molar-refractivity contribution in [2.45, 2.75) is 32.6 Å². The maximum absolute atomic E-state index is 12.0. The van der Waals surface area contributed by atoms with Crippen molar-refractivity contribution in [1.82, 2.24) is 10.2 Å². The lowest BCUT2D eigenvalue weighted by Gasteiger charge is -2.15. The standard InChI is InChI=1S/C14H22N2O6/c1-2-22-13(19)10-8-16(9-11(10)17)12(18)6-4-3-5-7-15-14(20)21/h10,15H,2-9H2,1H3,(H,20,21). The third-order valence-electron chi connectivity index (χ3n) is 3.41. The second kappa shape index (κ2) is 9.01. The van der Waals surface area contributed by atoms with Gasteiger partial charge in [0.05, 0.1) is 13.2 Å². The van der Waals surface area contributed by atoms with Crippen LogP contribution in [0.1, 0.15) is 32.6 Å². The van der Waals surface area contributed by atoms with Crippen LogP contribution in [0.25, 0.3) is 0 Å². The van der Waals surface area contributed by atoms with Gasteiger partial charge in [-0.2, -0.15) is 0 Å². The van der Waals surface area contributed by atoms with Crippen LogP contribution < -0.4 is 5.32 Å². The number of hydrogen-bond acceptors (Lipinski definition) is 5. The number of ketones is 1. The predicted octanol–water partition coefficient (Wildman–Crippen LogP) is 0.405. The van der Waals surface area contributed by atoms with Crippen LogP contribution >= 0.6 is 0 Å². The Balaban J connectivity index is 2.25. The number of hydrogen-bond donors (Lipinski definition) is 2. The number of rotatable bonds is 8. The van der Waals surface area contributed by atoms with Crippen molar-refractivity contribution >= 4 is 23.8 Å². The van der Waals surface area contributed by atoms with Crippen molar-refractivity contribution in [2.24, 2.45) is 5.92 Å². The summed E-state index contributed by atoms with van der Waals surface area (Å²) in [6.07, 6.45) is 1.22. The fourth-order valence-electron chi connectivity index (χ4n) is 2.26. The Morgan fingerprint density at radius 2 is 2.05 bits per heavy atom. The van der Waals surface area contributed by atoms with Crippen molar-refractivity contribution in [1.29, 1.82) is 0 Å². The zero-order chi connectivity index (χ0) is 16.5. The molecule has 1 atom stereocenters. The van der Waals surface area contributed by atoms with Crippen molar-refractivity contribution in [2.75, 3.05) is 26.2 Å². The fraction of sp³-hybridized carbons (Fsp3) is 0.714. The second-order valence-corrected chi connectivity index (χ2v) is 5.09. The first-order valence-corrected chi connectivity index (χ1v) is 7.39. The van der Waals surface area contributed by atoms with Crippen LogP contribution in [0, 0.1) is 5.92 Å². The molecule has 0 aromatic carbocycles. The molecular formula is C14H22N2O6. The number of carbonyl (C=O) groups excluding carboxylic acids is 3. The third-order valence-corrected chi connectivity index (χ3v) is 3.41. The minimum atomic E-state index is -1.06. The van der Waals surface area contributed by atoms with Crippen molar-refractivity contribution in [3.05, 3.63) is 0 Å². The van der Waals surface area contributed by atoms with Gasteiger partial charge in [-0.3, -0.25) is 14.4 Å². The molecule has 8 heteroatoms. The lowest BCUT2D eigenvalue weighted by molar-refractivity contribution is -0.149. The number of unbranched alkanes of at least 4 members (excludes halogenated alkanes) is 2. The Morgan fingerprint density at radius 1 is 1.32 bits per heavy atom. The molecule has 8 nitrogen and oxygen atoms in total. The normalized spacial score (nSPS) is 17.4. The fourth-order valence-corrected chi connectivity index (χ4v) is 2.26. The minimum absolute atomic E-state index is 0.0388. The maximum Gasteiger partial charge on any atom is 0.404 e. The highest BCUT2D eigenvalue weighted by Crippen LogP contribution is 2.16. The maximum atomic E-state index is 12.0. The lowest BCUT2D eigenvalue weighted by atomic mass is 10.1. The number of amides is 2. The first-order chi connectivity index (χ1) is 10.5. The average molecular weight is 314 g/mol. The molecule has 0 spiro atoms. The number of nitrogens with zero attached hydrogens (tertiary/aromatic N) is 1. The van der Waals surface area contributed by atoms with E-state index in [2.05, 4.69) is 5.32 Å². The summed E-state index contributed by atoms with van der Waals surface area (Å²) in [4.78, 5) is 46.9. The second-order valence-electron chi connectivity index (χ2n) is 5.09. The van der Waals surface area contributed by atoms with E-state index in [0.29, 0.717) is 19.4 Å². The summed E-state index contributed by atoms with van der Waals surface area (Å²) in [6.45, 7) is 2.29. The number of likely N-dealkylation sites (tertiary alicyclic amines) is 1. The molecule has 1 aliphatic heterocycles. The van der Waals surface area contributed by atoms with E-state index in [0.717, 1.165) is 6.42 Å². The number of Topliss-reactive ketones (excluding diaryl/α,β-unsaturated/α-hetero) is 1. The molecule has 1 aliphatic rings. The number of esters is 1. The van der Waals surface area contributed by atoms with Gasteiger partial charge in [-0.05, 0) is 19.8 Å². The summed E-state index contributed by atoms with van der Waals surface area (Å²) in [5, 5.41) is 10.6. The number of ether oxygens (including phenoxy) is 1. The molecule has 22 heavy (non-hydrogen) atoms. The molecule has 0 saturated carbocycles. The van der Waals surface area contributed by atoms with Crippen molar-refractivity contribution in [3.8, 4) is 0 Å². The van der Waals surface area contributed by atoms with Crippen LogP contribution in [0.15, 0.2) is 0 Å². The minimum Gasteiger partial charge on any atom is -0.465 e. The van der Waals surface area contributed by atoms with E-state index in [1.807, 2.05) is 0 Å². The van der Waals surface area contributed by atoms with Crippen LogP contribution in [0.2, 0.25) is 0 Å². The zero-order valence-corrected chi connectivity index (χ0v) is 12.7. The van der Waals surface area contributed by atoms with Gasteiger partial charge in [-0.15, -0.1) is 0 Å². The highest BCUT2D eigenvalue weighted by atomic mass is 16.5. The van der Waals surface area contributed by atoms with Gasteiger partial charge >= 0.3 is 12.1 Å². The van der Waals surface area contributed by atoms with Crippen molar-refractivity contribution in [3.63, 3.8) is 0 Å². The Morgan fingerprint density at radius 3 is 2.68 bits per heavy atom. The first kappa shape index (κ1) is 17.9. The molecule has 0 bridgehead atoms. The Kier molecular flexibility index (Phi) is 7.34. The van der Waals surface area contributed by atoms with Crippen molar-refractivity contribution < 1.29 is 29.0 Å². The van der Waals surface area contributed by atoms with Gasteiger partial charge in [-0.1, -0.05) is 6.42 Å². The molecular weight excluding hydrogens is 292 g/mol. The van der Waals surface area contributed by atoms with E-state index in [-0.39, 0.29) is 37.8 Å². The molecule has 0 aromatic heterocycles. The third kappa shape index (κ3) is 5.71.